The van der Waals surface area contributed by atoms with Gasteiger partial charge in [0.1, 0.15) is 0 Å². The van der Waals surface area contributed by atoms with Crippen LogP contribution in [-0.4, -0.2) is 18.2 Å². The minimum Gasteiger partial charge on any atom is -0.452 e. The lowest BCUT2D eigenvalue weighted by Gasteiger charge is -2.22. The molecular weight excluding hydrogens is 288 g/mol. The number of methoxy groups -OCH3 is 1. The van der Waals surface area contributed by atoms with E-state index in [1.807, 2.05) is 48.5 Å². The predicted octanol–water partition coefficient (Wildman–Crippen LogP) is 4.73. The number of rotatable bonds is 2. The van der Waals surface area contributed by atoms with E-state index in [4.69, 9.17) is 16.3 Å². The highest BCUT2D eigenvalue weighted by Gasteiger charge is 2.21. The molecule has 0 saturated carbocycles. The van der Waals surface area contributed by atoms with Crippen molar-refractivity contribution in [2.45, 2.75) is 0 Å². The molecule has 3 aromatic rings. The van der Waals surface area contributed by atoms with Gasteiger partial charge in [-0.1, -0.05) is 41.9 Å². The molecule has 2 aromatic carbocycles. The summed E-state index contributed by atoms with van der Waals surface area (Å²) in [6.07, 6.45) is 1.25. The average molecular weight is 301 g/mol. The number of hydrogen-bond acceptors (Lipinski definition) is 2. The number of nitrogens with zero attached hydrogens (tertiary/aromatic N) is 1. The van der Waals surface area contributed by atoms with Crippen LogP contribution in [0.25, 0.3) is 10.9 Å². The number of para-hydroxylation sites is 2. The number of aromatic nitrogens is 1. The van der Waals surface area contributed by atoms with Crippen molar-refractivity contribution in [2.75, 3.05) is 12.0 Å². The quantitative estimate of drug-likeness (QED) is 0.744. The van der Waals surface area contributed by atoms with Gasteiger partial charge in [0.2, 0.25) is 0 Å². The lowest BCUT2D eigenvalue weighted by Crippen LogP contribution is -2.25. The fraction of sp³-hybridized carbons (Fsp3) is 0.0625. The number of amides is 1. The number of aromatic amines is 1. The topological polar surface area (TPSA) is 45.3 Å². The van der Waals surface area contributed by atoms with E-state index in [0.717, 1.165) is 16.6 Å². The first-order valence-corrected chi connectivity index (χ1v) is 6.79. The minimum absolute atomic E-state index is 0.459. The van der Waals surface area contributed by atoms with Crippen molar-refractivity contribution in [3.8, 4) is 0 Å². The first kappa shape index (κ1) is 13.5. The van der Waals surface area contributed by atoms with Gasteiger partial charge in [0.25, 0.3) is 0 Å². The Balaban J connectivity index is 2.22. The molecule has 1 aromatic heterocycles. The summed E-state index contributed by atoms with van der Waals surface area (Å²) < 4.78 is 4.92. The zero-order valence-corrected chi connectivity index (χ0v) is 12.1. The van der Waals surface area contributed by atoms with Crippen LogP contribution in [0.5, 0.6) is 0 Å². The Labute approximate surface area is 126 Å². The number of benzene rings is 2. The Hall–Kier alpha value is -2.46. The van der Waals surface area contributed by atoms with Crippen LogP contribution in [0.1, 0.15) is 0 Å². The van der Waals surface area contributed by atoms with Crippen LogP contribution < -0.4 is 4.90 Å². The molecule has 0 aliphatic rings. The second-order valence-electron chi connectivity index (χ2n) is 4.48. The largest absolute Gasteiger partial charge is 0.452 e. The van der Waals surface area contributed by atoms with Crippen molar-refractivity contribution in [1.29, 1.82) is 0 Å². The Morgan fingerprint density at radius 3 is 2.62 bits per heavy atom. The molecule has 0 unspecified atom stereocenters. The molecule has 3 rings (SSSR count). The zero-order valence-electron chi connectivity index (χ0n) is 11.3. The maximum atomic E-state index is 12.2. The third-order valence-corrected chi connectivity index (χ3v) is 3.57. The number of fused-ring (bicyclic) bond motifs is 1. The summed E-state index contributed by atoms with van der Waals surface area (Å²) in [5.74, 6) is 0. The van der Waals surface area contributed by atoms with E-state index in [9.17, 15) is 4.79 Å². The molecule has 0 aliphatic carbocycles. The number of hydrogen-bond donors (Lipinski definition) is 1. The van der Waals surface area contributed by atoms with Crippen molar-refractivity contribution in [2.24, 2.45) is 0 Å². The highest BCUT2D eigenvalue weighted by atomic mass is 35.5. The van der Waals surface area contributed by atoms with Crippen molar-refractivity contribution in [3.63, 3.8) is 0 Å². The SMILES string of the molecule is COC(=O)N(c1ccccc1)c1cccc2c(Cl)c[nH]c12. The Kier molecular flexibility index (Phi) is 3.54. The Bertz CT molecular complexity index is 783. The molecule has 4 nitrogen and oxygen atoms in total. The van der Waals surface area contributed by atoms with Crippen LogP contribution >= 0.6 is 11.6 Å². The van der Waals surface area contributed by atoms with E-state index in [0.29, 0.717) is 10.7 Å². The van der Waals surface area contributed by atoms with Gasteiger partial charge in [-0.3, -0.25) is 0 Å². The predicted molar refractivity (Wildman–Crippen MR) is 84.3 cm³/mol. The minimum atomic E-state index is -0.459. The van der Waals surface area contributed by atoms with Crippen molar-refractivity contribution >= 4 is 40.0 Å². The van der Waals surface area contributed by atoms with Gasteiger partial charge < -0.3 is 9.72 Å². The monoisotopic (exact) mass is 300 g/mol. The van der Waals surface area contributed by atoms with Gasteiger partial charge in [-0.2, -0.15) is 0 Å². The molecular formula is C16H13ClN2O2. The van der Waals surface area contributed by atoms with Crippen molar-refractivity contribution in [1.82, 2.24) is 4.98 Å². The molecule has 0 aliphatic heterocycles. The zero-order chi connectivity index (χ0) is 14.8. The summed E-state index contributed by atoms with van der Waals surface area (Å²) in [6, 6.07) is 14.9. The lowest BCUT2D eigenvalue weighted by molar-refractivity contribution is 0.181. The molecule has 1 heterocycles. The van der Waals surface area contributed by atoms with Crippen molar-refractivity contribution < 1.29 is 9.53 Å². The maximum Gasteiger partial charge on any atom is 0.418 e. The number of carbonyl (C=O) groups excluding carboxylic acids is 1. The van der Waals surface area contributed by atoms with Crippen LogP contribution in [0.2, 0.25) is 5.02 Å². The molecule has 1 N–H and O–H groups in total. The molecule has 21 heavy (non-hydrogen) atoms. The molecule has 0 bridgehead atoms. The second kappa shape index (κ2) is 5.50. The number of H-pyrrole nitrogens is 1. The average Bonchev–Trinajstić information content (AvgIpc) is 2.91. The Morgan fingerprint density at radius 2 is 1.90 bits per heavy atom. The van der Waals surface area contributed by atoms with E-state index < -0.39 is 6.09 Å². The third kappa shape index (κ3) is 2.34. The van der Waals surface area contributed by atoms with Gasteiger partial charge in [0.15, 0.2) is 0 Å². The molecule has 0 radical (unpaired) electrons. The summed E-state index contributed by atoms with van der Waals surface area (Å²) in [7, 11) is 1.36. The fourth-order valence-corrected chi connectivity index (χ4v) is 2.51. The lowest BCUT2D eigenvalue weighted by atomic mass is 10.2. The van der Waals surface area contributed by atoms with Crippen LogP contribution in [0, 0.1) is 0 Å². The van der Waals surface area contributed by atoms with E-state index >= 15 is 0 Å². The molecule has 0 fully saturated rings. The van der Waals surface area contributed by atoms with E-state index in [1.165, 1.54) is 12.0 Å². The highest BCUT2D eigenvalue weighted by Crippen LogP contribution is 2.34. The number of anilines is 2. The molecule has 0 saturated heterocycles. The van der Waals surface area contributed by atoms with Gasteiger partial charge in [-0.15, -0.1) is 0 Å². The van der Waals surface area contributed by atoms with Crippen LogP contribution in [0.15, 0.2) is 54.7 Å². The molecule has 0 spiro atoms. The molecule has 1 amide bonds. The number of ether oxygens (including phenoxy) is 1. The van der Waals surface area contributed by atoms with Crippen molar-refractivity contribution in [3.05, 3.63) is 59.8 Å². The number of halogens is 1. The molecule has 5 heteroatoms. The fourth-order valence-electron chi connectivity index (χ4n) is 2.30. The van der Waals surface area contributed by atoms with Gasteiger partial charge in [0, 0.05) is 11.6 Å². The highest BCUT2D eigenvalue weighted by molar-refractivity contribution is 6.36. The third-order valence-electron chi connectivity index (χ3n) is 3.26. The van der Waals surface area contributed by atoms with E-state index in [-0.39, 0.29) is 0 Å². The summed E-state index contributed by atoms with van der Waals surface area (Å²) in [5, 5.41) is 1.48. The van der Waals surface area contributed by atoms with E-state index in [2.05, 4.69) is 4.98 Å². The van der Waals surface area contributed by atoms with Crippen LogP contribution in [0.3, 0.4) is 0 Å². The summed E-state index contributed by atoms with van der Waals surface area (Å²) in [6.45, 7) is 0. The smallest absolute Gasteiger partial charge is 0.418 e. The summed E-state index contributed by atoms with van der Waals surface area (Å²) >= 11 is 6.14. The number of nitrogens with one attached hydrogen (secondary N) is 1. The Morgan fingerprint density at radius 1 is 1.14 bits per heavy atom. The van der Waals surface area contributed by atoms with Crippen LogP contribution in [-0.2, 0) is 4.74 Å². The van der Waals surface area contributed by atoms with E-state index in [1.54, 1.807) is 6.20 Å². The summed E-state index contributed by atoms with van der Waals surface area (Å²) in [5.41, 5.74) is 2.21. The first-order chi connectivity index (χ1) is 10.2. The standard InChI is InChI=1S/C16H13ClN2O2/c1-21-16(20)19(11-6-3-2-4-7-11)14-9-5-8-12-13(17)10-18-15(12)14/h2-10,18H,1H3. The van der Waals surface area contributed by atoms with Gasteiger partial charge >= 0.3 is 6.09 Å². The van der Waals surface area contributed by atoms with Crippen LogP contribution in [0.4, 0.5) is 16.2 Å². The normalized spacial score (nSPS) is 10.6. The number of carbonyl (C=O) groups is 1. The molecule has 0 atom stereocenters. The van der Waals surface area contributed by atoms with Gasteiger partial charge in [0.05, 0.1) is 29.0 Å². The second-order valence-corrected chi connectivity index (χ2v) is 4.88. The molecule has 106 valence electrons. The summed E-state index contributed by atoms with van der Waals surface area (Å²) in [4.78, 5) is 16.8. The maximum absolute atomic E-state index is 12.2. The first-order valence-electron chi connectivity index (χ1n) is 6.41. The van der Waals surface area contributed by atoms with Gasteiger partial charge in [-0.25, -0.2) is 9.69 Å². The van der Waals surface area contributed by atoms with Gasteiger partial charge in [-0.05, 0) is 18.2 Å².